The highest BCUT2D eigenvalue weighted by Gasteiger charge is 2.40. The van der Waals surface area contributed by atoms with Crippen LogP contribution >= 0.6 is 0 Å². The second-order valence-electron chi connectivity index (χ2n) is 4.18. The SMILES string of the molecule is Cc1ccc2c(c1)OC(C(F)F)C(C(=O)O)C2. The Morgan fingerprint density at radius 2 is 2.24 bits per heavy atom. The van der Waals surface area contributed by atoms with Crippen molar-refractivity contribution < 1.29 is 23.4 Å². The highest BCUT2D eigenvalue weighted by atomic mass is 19.3. The molecule has 0 amide bonds. The third-order valence-electron chi connectivity index (χ3n) is 2.89. The van der Waals surface area contributed by atoms with Gasteiger partial charge in [0.2, 0.25) is 0 Å². The highest BCUT2D eigenvalue weighted by Crippen LogP contribution is 2.34. The van der Waals surface area contributed by atoms with Crippen molar-refractivity contribution in [3.63, 3.8) is 0 Å². The summed E-state index contributed by atoms with van der Waals surface area (Å²) in [5.41, 5.74) is 1.56. The molecule has 1 aliphatic heterocycles. The number of alkyl halides is 2. The van der Waals surface area contributed by atoms with Gasteiger partial charge in [0.15, 0.2) is 6.10 Å². The van der Waals surface area contributed by atoms with Crippen molar-refractivity contribution >= 4 is 5.97 Å². The standard InChI is InChI=1S/C12H12F2O3/c1-6-2-3-7-5-8(12(15)16)10(11(13)14)17-9(7)4-6/h2-4,8,10-11H,5H2,1H3,(H,15,16). The number of aryl methyl sites for hydroxylation is 1. The summed E-state index contributed by atoms with van der Waals surface area (Å²) in [4.78, 5) is 10.9. The van der Waals surface area contributed by atoms with E-state index in [1.807, 2.05) is 13.0 Å². The quantitative estimate of drug-likeness (QED) is 0.865. The van der Waals surface area contributed by atoms with Crippen LogP contribution in [0.5, 0.6) is 5.75 Å². The fourth-order valence-corrected chi connectivity index (χ4v) is 1.98. The predicted molar refractivity (Wildman–Crippen MR) is 56.4 cm³/mol. The van der Waals surface area contributed by atoms with Crippen molar-refractivity contribution in [3.8, 4) is 5.75 Å². The van der Waals surface area contributed by atoms with Crippen LogP contribution in [0.3, 0.4) is 0 Å². The zero-order valence-electron chi connectivity index (χ0n) is 9.19. The molecule has 0 aliphatic carbocycles. The Kier molecular flexibility index (Phi) is 3.00. The largest absolute Gasteiger partial charge is 0.483 e. The zero-order chi connectivity index (χ0) is 12.6. The van der Waals surface area contributed by atoms with Crippen molar-refractivity contribution in [1.29, 1.82) is 0 Å². The molecule has 92 valence electrons. The predicted octanol–water partition coefficient (Wildman–Crippen LogP) is 2.26. The van der Waals surface area contributed by atoms with Crippen molar-refractivity contribution in [2.24, 2.45) is 5.92 Å². The first kappa shape index (κ1) is 11.8. The number of halogens is 2. The summed E-state index contributed by atoms with van der Waals surface area (Å²) >= 11 is 0. The van der Waals surface area contributed by atoms with E-state index in [1.54, 1.807) is 12.1 Å². The third-order valence-corrected chi connectivity index (χ3v) is 2.89. The summed E-state index contributed by atoms with van der Waals surface area (Å²) in [5.74, 6) is -2.07. The van der Waals surface area contributed by atoms with Gasteiger partial charge in [-0.3, -0.25) is 4.79 Å². The van der Waals surface area contributed by atoms with E-state index in [4.69, 9.17) is 9.84 Å². The number of carbonyl (C=O) groups is 1. The zero-order valence-corrected chi connectivity index (χ0v) is 9.19. The van der Waals surface area contributed by atoms with E-state index in [9.17, 15) is 13.6 Å². The van der Waals surface area contributed by atoms with Gasteiger partial charge in [-0.1, -0.05) is 12.1 Å². The Balaban J connectivity index is 2.36. The summed E-state index contributed by atoms with van der Waals surface area (Å²) < 4.78 is 30.6. The van der Waals surface area contributed by atoms with Crippen LogP contribution in [0, 0.1) is 12.8 Å². The molecule has 2 atom stereocenters. The molecule has 2 rings (SSSR count). The average Bonchev–Trinajstić information content (AvgIpc) is 2.26. The maximum atomic E-state index is 12.7. The fraction of sp³-hybridized carbons (Fsp3) is 0.417. The molecule has 5 heteroatoms. The lowest BCUT2D eigenvalue weighted by Gasteiger charge is -2.30. The summed E-state index contributed by atoms with van der Waals surface area (Å²) in [7, 11) is 0. The van der Waals surface area contributed by atoms with E-state index >= 15 is 0 Å². The maximum Gasteiger partial charge on any atom is 0.310 e. The number of ether oxygens (including phenoxy) is 1. The molecule has 17 heavy (non-hydrogen) atoms. The van der Waals surface area contributed by atoms with Crippen molar-refractivity contribution in [2.45, 2.75) is 25.9 Å². The molecule has 0 fully saturated rings. The summed E-state index contributed by atoms with van der Waals surface area (Å²) in [6.45, 7) is 1.82. The number of carboxylic acids is 1. The normalized spacial score (nSPS) is 23.1. The van der Waals surface area contributed by atoms with Crippen LogP contribution in [-0.2, 0) is 11.2 Å². The second kappa shape index (κ2) is 4.31. The van der Waals surface area contributed by atoms with Gasteiger partial charge in [0.1, 0.15) is 11.7 Å². The first-order valence-corrected chi connectivity index (χ1v) is 5.26. The van der Waals surface area contributed by atoms with E-state index in [0.29, 0.717) is 11.3 Å². The molecular formula is C12H12F2O3. The smallest absolute Gasteiger partial charge is 0.310 e. The lowest BCUT2D eigenvalue weighted by atomic mass is 9.90. The van der Waals surface area contributed by atoms with Gasteiger partial charge in [-0.15, -0.1) is 0 Å². The van der Waals surface area contributed by atoms with Crippen LogP contribution in [0.2, 0.25) is 0 Å². The van der Waals surface area contributed by atoms with E-state index in [2.05, 4.69) is 0 Å². The van der Waals surface area contributed by atoms with Gasteiger partial charge < -0.3 is 9.84 Å². The molecule has 0 saturated heterocycles. The number of hydrogen-bond acceptors (Lipinski definition) is 2. The molecule has 0 aromatic heterocycles. The number of benzene rings is 1. The Labute approximate surface area is 97.0 Å². The Morgan fingerprint density at radius 1 is 1.53 bits per heavy atom. The number of hydrogen-bond donors (Lipinski definition) is 1. The van der Waals surface area contributed by atoms with Crippen LogP contribution < -0.4 is 4.74 Å². The summed E-state index contributed by atoms with van der Waals surface area (Å²) in [5, 5.41) is 8.92. The van der Waals surface area contributed by atoms with Gasteiger partial charge in [-0.2, -0.15) is 0 Å². The molecule has 1 heterocycles. The van der Waals surface area contributed by atoms with Crippen LogP contribution in [-0.4, -0.2) is 23.6 Å². The monoisotopic (exact) mass is 242 g/mol. The molecule has 1 N–H and O–H groups in total. The summed E-state index contributed by atoms with van der Waals surface area (Å²) in [6.07, 6.45) is -4.29. The molecule has 1 aromatic rings. The lowest BCUT2D eigenvalue weighted by molar-refractivity contribution is -0.150. The van der Waals surface area contributed by atoms with E-state index in [0.717, 1.165) is 5.56 Å². The molecule has 0 bridgehead atoms. The van der Waals surface area contributed by atoms with Gasteiger partial charge in [0, 0.05) is 0 Å². The van der Waals surface area contributed by atoms with E-state index in [-0.39, 0.29) is 6.42 Å². The minimum atomic E-state index is -2.80. The van der Waals surface area contributed by atoms with E-state index < -0.39 is 24.4 Å². The van der Waals surface area contributed by atoms with Crippen LogP contribution in [0.1, 0.15) is 11.1 Å². The topological polar surface area (TPSA) is 46.5 Å². The van der Waals surface area contributed by atoms with Crippen molar-refractivity contribution in [3.05, 3.63) is 29.3 Å². The molecule has 2 unspecified atom stereocenters. The molecule has 3 nitrogen and oxygen atoms in total. The van der Waals surface area contributed by atoms with Crippen molar-refractivity contribution in [1.82, 2.24) is 0 Å². The minimum Gasteiger partial charge on any atom is -0.483 e. The average molecular weight is 242 g/mol. The van der Waals surface area contributed by atoms with Crippen LogP contribution in [0.25, 0.3) is 0 Å². The Hall–Kier alpha value is -1.65. The van der Waals surface area contributed by atoms with Gasteiger partial charge in [0.05, 0.1) is 0 Å². The third kappa shape index (κ3) is 2.23. The molecule has 1 aromatic carbocycles. The Bertz CT molecular complexity index is 445. The molecule has 0 spiro atoms. The summed E-state index contributed by atoms with van der Waals surface area (Å²) in [6, 6.07) is 5.19. The van der Waals surface area contributed by atoms with Gasteiger partial charge in [-0.05, 0) is 30.5 Å². The first-order valence-electron chi connectivity index (χ1n) is 5.26. The minimum absolute atomic E-state index is 0.0833. The van der Waals surface area contributed by atoms with Gasteiger partial charge in [-0.25, -0.2) is 8.78 Å². The van der Waals surface area contributed by atoms with Crippen molar-refractivity contribution in [2.75, 3.05) is 0 Å². The molecule has 0 radical (unpaired) electrons. The Morgan fingerprint density at radius 3 is 2.82 bits per heavy atom. The number of aliphatic carboxylic acids is 1. The highest BCUT2D eigenvalue weighted by molar-refractivity contribution is 5.72. The second-order valence-corrected chi connectivity index (χ2v) is 4.18. The molecular weight excluding hydrogens is 230 g/mol. The molecule has 1 aliphatic rings. The number of fused-ring (bicyclic) bond motifs is 1. The number of carboxylic acid groups (broad SMARTS) is 1. The van der Waals surface area contributed by atoms with Crippen LogP contribution in [0.4, 0.5) is 8.78 Å². The molecule has 0 saturated carbocycles. The fourth-order valence-electron chi connectivity index (χ4n) is 1.98. The van der Waals surface area contributed by atoms with Gasteiger partial charge in [0.25, 0.3) is 6.43 Å². The van der Waals surface area contributed by atoms with E-state index in [1.165, 1.54) is 0 Å². The van der Waals surface area contributed by atoms with Crippen LogP contribution in [0.15, 0.2) is 18.2 Å². The maximum absolute atomic E-state index is 12.7. The lowest BCUT2D eigenvalue weighted by Crippen LogP contribution is -2.42. The number of rotatable bonds is 2. The first-order chi connectivity index (χ1) is 7.99. The van der Waals surface area contributed by atoms with Gasteiger partial charge >= 0.3 is 5.97 Å².